The summed E-state index contributed by atoms with van der Waals surface area (Å²) in [5, 5.41) is 0. The lowest BCUT2D eigenvalue weighted by molar-refractivity contribution is 0.203. The third kappa shape index (κ3) is 1.90. The molecule has 0 saturated carbocycles. The Hall–Kier alpha value is -0.450. The molecule has 1 aliphatic heterocycles. The van der Waals surface area contributed by atoms with Crippen molar-refractivity contribution in [1.29, 1.82) is 0 Å². The van der Waals surface area contributed by atoms with Gasteiger partial charge in [-0.25, -0.2) is 0 Å². The lowest BCUT2D eigenvalue weighted by Crippen LogP contribution is -2.21. The van der Waals surface area contributed by atoms with Gasteiger partial charge in [0, 0.05) is 0 Å². The summed E-state index contributed by atoms with van der Waals surface area (Å²) in [7, 11) is 0. The molecule has 3 atom stereocenters. The van der Waals surface area contributed by atoms with Crippen LogP contribution in [-0.2, 0) is 19.7 Å². The highest BCUT2D eigenvalue weighted by Crippen LogP contribution is 2.26. The molecule has 0 bridgehead atoms. The number of rotatable bonds is 1. The Morgan fingerprint density at radius 3 is 2.85 bits per heavy atom. The van der Waals surface area contributed by atoms with E-state index in [-0.39, 0.29) is 12.2 Å². The van der Waals surface area contributed by atoms with Crippen molar-refractivity contribution < 1.29 is 12.6 Å². The molecule has 0 aromatic carbocycles. The van der Waals surface area contributed by atoms with Gasteiger partial charge < -0.3 is 0 Å². The third-order valence-electron chi connectivity index (χ3n) is 2.19. The van der Waals surface area contributed by atoms with Crippen molar-refractivity contribution in [3.8, 4) is 0 Å². The van der Waals surface area contributed by atoms with Crippen LogP contribution >= 0.6 is 0 Å². The van der Waals surface area contributed by atoms with Gasteiger partial charge in [-0.1, -0.05) is 18.2 Å². The van der Waals surface area contributed by atoms with Gasteiger partial charge in [-0.05, 0) is 25.3 Å². The minimum atomic E-state index is -1.56. The largest absolute Gasteiger partial charge is 0.305 e. The predicted molar refractivity (Wildman–Crippen MR) is 50.0 cm³/mol. The molecule has 2 aliphatic rings. The van der Waals surface area contributed by atoms with Crippen LogP contribution in [0.25, 0.3) is 0 Å². The van der Waals surface area contributed by atoms with E-state index < -0.39 is 11.4 Å². The lowest BCUT2D eigenvalue weighted by atomic mass is 9.99. The first-order chi connectivity index (χ1) is 6.27. The van der Waals surface area contributed by atoms with Gasteiger partial charge in [0.15, 0.2) is 0 Å². The van der Waals surface area contributed by atoms with Crippen molar-refractivity contribution in [3.63, 3.8) is 0 Å². The molecule has 2 unspecified atom stereocenters. The maximum atomic E-state index is 10.9. The van der Waals surface area contributed by atoms with E-state index in [2.05, 4.69) is 12.2 Å². The second-order valence-electron chi connectivity index (χ2n) is 3.21. The zero-order chi connectivity index (χ0) is 9.26. The molecule has 0 spiro atoms. The Bertz CT molecular complexity index is 283. The molecule has 1 saturated heterocycles. The summed E-state index contributed by atoms with van der Waals surface area (Å²) in [5.41, 5.74) is 1.09. The molecule has 72 valence electrons. The van der Waals surface area contributed by atoms with Crippen LogP contribution in [-0.4, -0.2) is 16.4 Å². The Kier molecular flexibility index (Phi) is 2.62. The van der Waals surface area contributed by atoms with Crippen LogP contribution in [0, 0.1) is 0 Å². The monoisotopic (exact) mass is 200 g/mol. The van der Waals surface area contributed by atoms with E-state index in [9.17, 15) is 4.21 Å². The molecule has 1 aliphatic carbocycles. The maximum Gasteiger partial charge on any atom is 0.305 e. The van der Waals surface area contributed by atoms with Crippen molar-refractivity contribution in [2.75, 3.05) is 0 Å². The van der Waals surface area contributed by atoms with Gasteiger partial charge >= 0.3 is 11.4 Å². The first-order valence-corrected chi connectivity index (χ1v) is 5.40. The fourth-order valence-electron chi connectivity index (χ4n) is 1.53. The topological polar surface area (TPSA) is 35.5 Å². The molecular weight excluding hydrogens is 188 g/mol. The summed E-state index contributed by atoms with van der Waals surface area (Å²) in [4.78, 5) is 0. The van der Waals surface area contributed by atoms with Gasteiger partial charge in [-0.15, -0.1) is 0 Å². The molecule has 3 nitrogen and oxygen atoms in total. The molecule has 0 amide bonds. The van der Waals surface area contributed by atoms with E-state index in [0.717, 1.165) is 18.4 Å². The molecule has 1 fully saturated rings. The zero-order valence-corrected chi connectivity index (χ0v) is 8.25. The molecule has 13 heavy (non-hydrogen) atoms. The summed E-state index contributed by atoms with van der Waals surface area (Å²) in [6, 6.07) is 0. The predicted octanol–water partition coefficient (Wildman–Crippen LogP) is 1.65. The fourth-order valence-corrected chi connectivity index (χ4v) is 2.36. The molecule has 0 radical (unpaired) electrons. The van der Waals surface area contributed by atoms with Crippen LogP contribution in [0.2, 0.25) is 0 Å². The molecular formula is C9H12O3S. The zero-order valence-electron chi connectivity index (χ0n) is 7.43. The van der Waals surface area contributed by atoms with E-state index in [1.807, 2.05) is 13.0 Å². The SMILES string of the molecule is C[C@H]1OS(=O)OC1C1=CCCC=C1. The van der Waals surface area contributed by atoms with E-state index >= 15 is 0 Å². The molecule has 0 aromatic heterocycles. The minimum absolute atomic E-state index is 0.116. The number of allylic oxidation sites excluding steroid dienone is 2. The maximum absolute atomic E-state index is 10.9. The van der Waals surface area contributed by atoms with Crippen molar-refractivity contribution in [1.82, 2.24) is 0 Å². The second-order valence-corrected chi connectivity index (χ2v) is 4.00. The van der Waals surface area contributed by atoms with Gasteiger partial charge in [0.05, 0.1) is 0 Å². The lowest BCUT2D eigenvalue weighted by Gasteiger charge is -2.14. The van der Waals surface area contributed by atoms with Crippen LogP contribution in [0.5, 0.6) is 0 Å². The van der Waals surface area contributed by atoms with Crippen LogP contribution in [0.1, 0.15) is 19.8 Å². The smallest absolute Gasteiger partial charge is 0.262 e. The third-order valence-corrected chi connectivity index (χ3v) is 3.02. The Morgan fingerprint density at radius 1 is 1.46 bits per heavy atom. The molecule has 0 aromatic rings. The van der Waals surface area contributed by atoms with Crippen molar-refractivity contribution >= 4 is 11.4 Å². The van der Waals surface area contributed by atoms with Crippen molar-refractivity contribution in [2.24, 2.45) is 0 Å². The standard InChI is InChI=1S/C9H12O3S/c1-7-9(12-13(10)11-7)8-5-3-2-4-6-8/h3,5-7,9H,2,4H2,1H3/t7-,9?,13?/m1/s1. The summed E-state index contributed by atoms with van der Waals surface area (Å²) >= 11 is -1.56. The second kappa shape index (κ2) is 3.74. The molecule has 1 heterocycles. The van der Waals surface area contributed by atoms with Crippen LogP contribution in [0.15, 0.2) is 23.8 Å². The first kappa shape index (κ1) is 9.12. The Morgan fingerprint density at radius 2 is 2.31 bits per heavy atom. The highest BCUT2D eigenvalue weighted by Gasteiger charge is 2.33. The van der Waals surface area contributed by atoms with Gasteiger partial charge in [-0.2, -0.15) is 4.21 Å². The number of hydrogen-bond donors (Lipinski definition) is 0. The van der Waals surface area contributed by atoms with E-state index in [4.69, 9.17) is 8.37 Å². The average Bonchev–Trinajstić information content (AvgIpc) is 2.47. The van der Waals surface area contributed by atoms with Gasteiger partial charge in [0.2, 0.25) is 0 Å². The highest BCUT2D eigenvalue weighted by molar-refractivity contribution is 7.75. The summed E-state index contributed by atoms with van der Waals surface area (Å²) < 4.78 is 21.1. The average molecular weight is 200 g/mol. The van der Waals surface area contributed by atoms with E-state index in [0.29, 0.717) is 0 Å². The quantitative estimate of drug-likeness (QED) is 0.645. The number of hydrogen-bond acceptors (Lipinski definition) is 3. The van der Waals surface area contributed by atoms with E-state index in [1.165, 1.54) is 0 Å². The van der Waals surface area contributed by atoms with Gasteiger partial charge in [0.25, 0.3) is 0 Å². The van der Waals surface area contributed by atoms with Crippen LogP contribution in [0.3, 0.4) is 0 Å². The minimum Gasteiger partial charge on any atom is -0.262 e. The van der Waals surface area contributed by atoms with Crippen LogP contribution < -0.4 is 0 Å². The summed E-state index contributed by atoms with van der Waals surface area (Å²) in [6.45, 7) is 1.87. The summed E-state index contributed by atoms with van der Waals surface area (Å²) in [5.74, 6) is 0. The molecule has 4 heteroatoms. The normalized spacial score (nSPS) is 39.2. The van der Waals surface area contributed by atoms with Crippen molar-refractivity contribution in [3.05, 3.63) is 23.8 Å². The van der Waals surface area contributed by atoms with Crippen LogP contribution in [0.4, 0.5) is 0 Å². The first-order valence-electron chi connectivity index (χ1n) is 4.40. The fraction of sp³-hybridized carbons (Fsp3) is 0.556. The van der Waals surface area contributed by atoms with E-state index in [1.54, 1.807) is 0 Å². The Balaban J connectivity index is 2.12. The van der Waals surface area contributed by atoms with Gasteiger partial charge in [0.1, 0.15) is 12.2 Å². The highest BCUT2D eigenvalue weighted by atomic mass is 32.2. The summed E-state index contributed by atoms with van der Waals surface area (Å²) in [6.07, 6.45) is 8.09. The molecule has 0 N–H and O–H groups in total. The van der Waals surface area contributed by atoms with Gasteiger partial charge in [-0.3, -0.25) is 8.37 Å². The Labute approximate surface area is 80.3 Å². The molecule has 2 rings (SSSR count). The van der Waals surface area contributed by atoms with Crippen molar-refractivity contribution in [2.45, 2.75) is 32.0 Å².